The highest BCUT2D eigenvalue weighted by Crippen LogP contribution is 2.26. The summed E-state index contributed by atoms with van der Waals surface area (Å²) in [5.41, 5.74) is 4.13. The van der Waals surface area contributed by atoms with E-state index in [1.54, 1.807) is 0 Å². The van der Waals surface area contributed by atoms with Crippen molar-refractivity contribution in [2.45, 2.75) is 40.2 Å². The van der Waals surface area contributed by atoms with Crippen LogP contribution in [0.3, 0.4) is 0 Å². The quantitative estimate of drug-likeness (QED) is 0.879. The molecule has 3 rings (SSSR count). The number of rotatable bonds is 6. The van der Waals surface area contributed by atoms with E-state index in [1.165, 1.54) is 11.3 Å². The Balaban J connectivity index is 1.54. The van der Waals surface area contributed by atoms with Crippen LogP contribution in [0.4, 0.5) is 5.69 Å². The molecule has 0 radical (unpaired) electrons. The molecule has 1 fully saturated rings. The van der Waals surface area contributed by atoms with Crippen molar-refractivity contribution in [3.05, 3.63) is 47.3 Å². The van der Waals surface area contributed by atoms with Gasteiger partial charge in [-0.3, -0.25) is 9.48 Å². The molecule has 1 atom stereocenters. The standard InChI is InChI=1S/C20H28N4O/c1-4-10-24-14-18(16(3)22-24)20(25)21-12-17-9-11-23(13-17)19-8-6-5-7-15(19)2/h5-8,14,17H,4,9-13H2,1-3H3,(H,21,25). The maximum Gasteiger partial charge on any atom is 0.254 e. The molecule has 0 spiro atoms. The summed E-state index contributed by atoms with van der Waals surface area (Å²) < 4.78 is 1.86. The Morgan fingerprint density at radius 1 is 1.32 bits per heavy atom. The number of carbonyl (C=O) groups is 1. The molecule has 1 unspecified atom stereocenters. The van der Waals surface area contributed by atoms with E-state index in [9.17, 15) is 4.79 Å². The number of nitrogens with one attached hydrogen (secondary N) is 1. The molecule has 134 valence electrons. The summed E-state index contributed by atoms with van der Waals surface area (Å²) in [6.07, 6.45) is 3.99. The molecule has 2 aromatic rings. The lowest BCUT2D eigenvalue weighted by atomic mass is 10.1. The van der Waals surface area contributed by atoms with Crippen molar-refractivity contribution in [1.29, 1.82) is 0 Å². The maximum atomic E-state index is 12.5. The van der Waals surface area contributed by atoms with Crippen molar-refractivity contribution in [3.63, 3.8) is 0 Å². The summed E-state index contributed by atoms with van der Waals surface area (Å²) in [4.78, 5) is 14.9. The number of aromatic nitrogens is 2. The van der Waals surface area contributed by atoms with Crippen molar-refractivity contribution in [1.82, 2.24) is 15.1 Å². The molecule has 1 amide bonds. The van der Waals surface area contributed by atoms with Crippen LogP contribution in [-0.2, 0) is 6.54 Å². The van der Waals surface area contributed by atoms with Gasteiger partial charge in [0.1, 0.15) is 0 Å². The molecule has 1 aromatic carbocycles. The third-order valence-electron chi connectivity index (χ3n) is 4.94. The minimum Gasteiger partial charge on any atom is -0.371 e. The number of hydrogen-bond donors (Lipinski definition) is 1. The van der Waals surface area contributed by atoms with Crippen molar-refractivity contribution in [2.75, 3.05) is 24.5 Å². The number of para-hydroxylation sites is 1. The van der Waals surface area contributed by atoms with Crippen LogP contribution in [0.1, 0.15) is 41.4 Å². The van der Waals surface area contributed by atoms with Crippen LogP contribution < -0.4 is 10.2 Å². The second-order valence-electron chi connectivity index (χ2n) is 6.99. The molecule has 1 aliphatic rings. The van der Waals surface area contributed by atoms with E-state index in [2.05, 4.69) is 53.4 Å². The van der Waals surface area contributed by atoms with E-state index in [4.69, 9.17) is 0 Å². The van der Waals surface area contributed by atoms with Gasteiger partial charge in [0.15, 0.2) is 0 Å². The topological polar surface area (TPSA) is 50.2 Å². The smallest absolute Gasteiger partial charge is 0.254 e. The fourth-order valence-electron chi connectivity index (χ4n) is 3.55. The van der Waals surface area contributed by atoms with E-state index >= 15 is 0 Å². The Morgan fingerprint density at radius 3 is 2.88 bits per heavy atom. The highest BCUT2D eigenvalue weighted by Gasteiger charge is 2.24. The number of nitrogens with zero attached hydrogens (tertiary/aromatic N) is 3. The highest BCUT2D eigenvalue weighted by atomic mass is 16.1. The molecule has 1 aliphatic heterocycles. The number of anilines is 1. The number of carbonyl (C=O) groups excluding carboxylic acids is 1. The number of hydrogen-bond acceptors (Lipinski definition) is 3. The Morgan fingerprint density at radius 2 is 2.12 bits per heavy atom. The Labute approximate surface area is 150 Å². The molecule has 0 saturated carbocycles. The van der Waals surface area contributed by atoms with E-state index in [1.807, 2.05) is 17.8 Å². The van der Waals surface area contributed by atoms with Gasteiger partial charge in [-0.25, -0.2) is 0 Å². The van der Waals surface area contributed by atoms with Gasteiger partial charge in [0, 0.05) is 38.1 Å². The number of aryl methyl sites for hydroxylation is 3. The minimum atomic E-state index is -0.00538. The fourth-order valence-corrected chi connectivity index (χ4v) is 3.55. The van der Waals surface area contributed by atoms with Crippen LogP contribution in [0, 0.1) is 19.8 Å². The van der Waals surface area contributed by atoms with E-state index in [0.29, 0.717) is 11.5 Å². The summed E-state index contributed by atoms with van der Waals surface area (Å²) >= 11 is 0. The summed E-state index contributed by atoms with van der Waals surface area (Å²) in [6.45, 7) is 9.79. The largest absolute Gasteiger partial charge is 0.371 e. The monoisotopic (exact) mass is 340 g/mol. The average Bonchev–Trinajstić information content (AvgIpc) is 3.20. The van der Waals surface area contributed by atoms with Crippen LogP contribution in [0.2, 0.25) is 0 Å². The van der Waals surface area contributed by atoms with E-state index < -0.39 is 0 Å². The molecule has 0 bridgehead atoms. The first-order chi connectivity index (χ1) is 12.1. The van der Waals surface area contributed by atoms with Gasteiger partial charge in [-0.05, 0) is 44.2 Å². The van der Waals surface area contributed by atoms with Gasteiger partial charge in [-0.1, -0.05) is 25.1 Å². The normalized spacial score (nSPS) is 17.1. The molecular weight excluding hydrogens is 312 g/mol. The third-order valence-corrected chi connectivity index (χ3v) is 4.94. The zero-order valence-electron chi connectivity index (χ0n) is 15.5. The SMILES string of the molecule is CCCn1cc(C(=O)NCC2CCN(c3ccccc3C)C2)c(C)n1. The number of amides is 1. The molecular formula is C20H28N4O. The van der Waals surface area contributed by atoms with Gasteiger partial charge >= 0.3 is 0 Å². The highest BCUT2D eigenvalue weighted by molar-refractivity contribution is 5.95. The van der Waals surface area contributed by atoms with Gasteiger partial charge in [-0.15, -0.1) is 0 Å². The Kier molecular flexibility index (Phi) is 5.41. The lowest BCUT2D eigenvalue weighted by Crippen LogP contribution is -2.31. The fraction of sp³-hybridized carbons (Fsp3) is 0.500. The average molecular weight is 340 g/mol. The summed E-state index contributed by atoms with van der Waals surface area (Å²) in [6, 6.07) is 8.50. The number of benzene rings is 1. The van der Waals surface area contributed by atoms with E-state index in [-0.39, 0.29) is 5.91 Å². The second-order valence-corrected chi connectivity index (χ2v) is 6.99. The first-order valence-electron chi connectivity index (χ1n) is 9.21. The third kappa shape index (κ3) is 4.03. The first-order valence-corrected chi connectivity index (χ1v) is 9.21. The molecule has 25 heavy (non-hydrogen) atoms. The van der Waals surface area contributed by atoms with Crippen LogP contribution in [-0.4, -0.2) is 35.3 Å². The summed E-state index contributed by atoms with van der Waals surface area (Å²) in [5.74, 6) is 0.490. The molecule has 1 saturated heterocycles. The lowest BCUT2D eigenvalue weighted by molar-refractivity contribution is 0.0947. The molecule has 1 N–H and O–H groups in total. The second kappa shape index (κ2) is 7.72. The maximum absolute atomic E-state index is 12.5. The van der Waals surface area contributed by atoms with Gasteiger partial charge in [0.05, 0.1) is 11.3 Å². The summed E-state index contributed by atoms with van der Waals surface area (Å²) in [7, 11) is 0. The predicted octanol–water partition coefficient (Wildman–Crippen LogP) is 3.17. The molecule has 5 heteroatoms. The van der Waals surface area contributed by atoms with Crippen molar-refractivity contribution in [3.8, 4) is 0 Å². The minimum absolute atomic E-state index is 0.00538. The Bertz CT molecular complexity index is 737. The summed E-state index contributed by atoms with van der Waals surface area (Å²) in [5, 5.41) is 7.52. The van der Waals surface area contributed by atoms with E-state index in [0.717, 1.165) is 44.7 Å². The van der Waals surface area contributed by atoms with Crippen molar-refractivity contribution in [2.24, 2.45) is 5.92 Å². The van der Waals surface area contributed by atoms with Crippen LogP contribution >= 0.6 is 0 Å². The van der Waals surface area contributed by atoms with Crippen LogP contribution in [0.25, 0.3) is 0 Å². The van der Waals surface area contributed by atoms with Crippen LogP contribution in [0.5, 0.6) is 0 Å². The lowest BCUT2D eigenvalue weighted by Gasteiger charge is -2.21. The van der Waals surface area contributed by atoms with Gasteiger partial charge < -0.3 is 10.2 Å². The van der Waals surface area contributed by atoms with Gasteiger partial charge in [0.2, 0.25) is 0 Å². The Hall–Kier alpha value is -2.30. The van der Waals surface area contributed by atoms with Crippen molar-refractivity contribution < 1.29 is 4.79 Å². The molecule has 0 aliphatic carbocycles. The molecule has 2 heterocycles. The van der Waals surface area contributed by atoms with Crippen molar-refractivity contribution >= 4 is 11.6 Å². The van der Waals surface area contributed by atoms with Gasteiger partial charge in [0.25, 0.3) is 5.91 Å². The molecule has 5 nitrogen and oxygen atoms in total. The first kappa shape index (κ1) is 17.5. The van der Waals surface area contributed by atoms with Crippen LogP contribution in [0.15, 0.2) is 30.5 Å². The van der Waals surface area contributed by atoms with Gasteiger partial charge in [-0.2, -0.15) is 5.10 Å². The zero-order chi connectivity index (χ0) is 17.8. The predicted molar refractivity (Wildman–Crippen MR) is 101 cm³/mol. The molecule has 1 aromatic heterocycles. The zero-order valence-corrected chi connectivity index (χ0v) is 15.5.